The van der Waals surface area contributed by atoms with Crippen LogP contribution in [0.3, 0.4) is 0 Å². The van der Waals surface area contributed by atoms with Gasteiger partial charge in [0, 0.05) is 24.7 Å². The van der Waals surface area contributed by atoms with Crippen LogP contribution >= 0.6 is 11.6 Å². The molecule has 3 aromatic heterocycles. The SMILES string of the molecule is Cn1c(=O)n(CCC(C)(C)O)c2cc(Nc3nc(-c4n[nH]c5ccccc45)ncc3Cl)ccc21. The first-order valence-corrected chi connectivity index (χ1v) is 11.2. The highest BCUT2D eigenvalue weighted by molar-refractivity contribution is 6.33. The summed E-state index contributed by atoms with van der Waals surface area (Å²) in [7, 11) is 1.74. The first-order chi connectivity index (χ1) is 16.2. The van der Waals surface area contributed by atoms with E-state index in [0.717, 1.165) is 21.9 Å². The summed E-state index contributed by atoms with van der Waals surface area (Å²) in [6, 6.07) is 13.4. The van der Waals surface area contributed by atoms with Crippen molar-refractivity contribution in [2.45, 2.75) is 32.4 Å². The zero-order valence-electron chi connectivity index (χ0n) is 19.0. The van der Waals surface area contributed by atoms with Crippen LogP contribution in [0.25, 0.3) is 33.5 Å². The number of nitrogens with zero attached hydrogens (tertiary/aromatic N) is 5. The van der Waals surface area contributed by atoms with E-state index in [9.17, 15) is 9.90 Å². The largest absolute Gasteiger partial charge is 0.390 e. The van der Waals surface area contributed by atoms with Gasteiger partial charge < -0.3 is 10.4 Å². The summed E-state index contributed by atoms with van der Waals surface area (Å²) >= 11 is 6.40. The molecule has 5 rings (SSSR count). The number of halogens is 1. The molecule has 2 aromatic carbocycles. The van der Waals surface area contributed by atoms with Crippen molar-refractivity contribution in [1.82, 2.24) is 29.3 Å². The van der Waals surface area contributed by atoms with Crippen molar-refractivity contribution in [2.75, 3.05) is 5.32 Å². The highest BCUT2D eigenvalue weighted by Crippen LogP contribution is 2.29. The van der Waals surface area contributed by atoms with Gasteiger partial charge in [0.2, 0.25) is 0 Å². The van der Waals surface area contributed by atoms with Crippen LogP contribution in [0.15, 0.2) is 53.5 Å². The molecule has 5 aromatic rings. The molecule has 9 nitrogen and oxygen atoms in total. The summed E-state index contributed by atoms with van der Waals surface area (Å²) in [5.74, 6) is 0.867. The predicted molar refractivity (Wildman–Crippen MR) is 134 cm³/mol. The van der Waals surface area contributed by atoms with Gasteiger partial charge in [0.1, 0.15) is 10.7 Å². The molecule has 174 valence electrons. The number of hydrogen-bond acceptors (Lipinski definition) is 6. The molecular weight excluding hydrogens is 454 g/mol. The Balaban J connectivity index is 1.52. The number of anilines is 2. The van der Waals surface area contributed by atoms with E-state index in [1.165, 1.54) is 6.20 Å². The van der Waals surface area contributed by atoms with Crippen LogP contribution in [0.1, 0.15) is 20.3 Å². The lowest BCUT2D eigenvalue weighted by Crippen LogP contribution is -2.27. The van der Waals surface area contributed by atoms with Gasteiger partial charge in [0.15, 0.2) is 11.6 Å². The quantitative estimate of drug-likeness (QED) is 0.337. The van der Waals surface area contributed by atoms with Gasteiger partial charge in [0.05, 0.1) is 28.3 Å². The molecule has 0 saturated carbocycles. The molecule has 3 heterocycles. The van der Waals surface area contributed by atoms with E-state index in [1.54, 1.807) is 30.0 Å². The van der Waals surface area contributed by atoms with E-state index in [2.05, 4.69) is 25.5 Å². The van der Waals surface area contributed by atoms with Gasteiger partial charge in [-0.3, -0.25) is 14.2 Å². The molecule has 0 aliphatic carbocycles. The number of imidazole rings is 1. The summed E-state index contributed by atoms with van der Waals surface area (Å²) < 4.78 is 3.27. The number of para-hydroxylation sites is 1. The topological polar surface area (TPSA) is 114 Å². The maximum Gasteiger partial charge on any atom is 0.328 e. The lowest BCUT2D eigenvalue weighted by molar-refractivity contribution is 0.0662. The Hall–Kier alpha value is -3.69. The van der Waals surface area contributed by atoms with E-state index >= 15 is 0 Å². The van der Waals surface area contributed by atoms with Crippen molar-refractivity contribution >= 4 is 45.0 Å². The van der Waals surface area contributed by atoms with Gasteiger partial charge in [0.25, 0.3) is 0 Å². The molecule has 0 saturated heterocycles. The number of fused-ring (bicyclic) bond motifs is 2. The van der Waals surface area contributed by atoms with Crippen molar-refractivity contribution in [3.8, 4) is 11.5 Å². The van der Waals surface area contributed by atoms with Crippen molar-refractivity contribution in [1.29, 1.82) is 0 Å². The number of nitrogens with one attached hydrogen (secondary N) is 2. The standard InChI is InChI=1S/C24H24ClN7O2/c1-24(2,34)10-11-32-19-12-14(8-9-18(19)31(3)23(32)33)27-21-16(25)13-26-22(28-21)20-15-6-4-5-7-17(15)29-30-20/h4-9,12-13,34H,10-11H2,1-3H3,(H,29,30)(H,26,27,28). The second-order valence-electron chi connectivity index (χ2n) is 8.89. The Labute approximate surface area is 200 Å². The molecule has 0 aliphatic heterocycles. The number of H-pyrrole nitrogens is 1. The summed E-state index contributed by atoms with van der Waals surface area (Å²) in [5, 5.41) is 22.0. The number of benzene rings is 2. The lowest BCUT2D eigenvalue weighted by atomic mass is 10.1. The van der Waals surface area contributed by atoms with Crippen LogP contribution in [0, 0.1) is 0 Å². The monoisotopic (exact) mass is 477 g/mol. The second-order valence-corrected chi connectivity index (χ2v) is 9.30. The summed E-state index contributed by atoms with van der Waals surface area (Å²) in [6.07, 6.45) is 1.98. The van der Waals surface area contributed by atoms with Gasteiger partial charge in [-0.1, -0.05) is 29.8 Å². The smallest absolute Gasteiger partial charge is 0.328 e. The van der Waals surface area contributed by atoms with E-state index in [-0.39, 0.29) is 5.69 Å². The third kappa shape index (κ3) is 4.04. The maximum absolute atomic E-state index is 12.8. The highest BCUT2D eigenvalue weighted by atomic mass is 35.5. The van der Waals surface area contributed by atoms with Gasteiger partial charge in [-0.2, -0.15) is 5.10 Å². The fourth-order valence-corrected chi connectivity index (χ4v) is 4.07. The molecular formula is C24H24ClN7O2. The van der Waals surface area contributed by atoms with Gasteiger partial charge in [-0.05, 0) is 44.5 Å². The molecule has 3 N–H and O–H groups in total. The molecule has 0 unspecified atom stereocenters. The normalized spacial score (nSPS) is 12.0. The molecule has 0 spiro atoms. The Morgan fingerprint density at radius 3 is 2.76 bits per heavy atom. The number of aryl methyl sites for hydroxylation is 2. The number of hydrogen-bond donors (Lipinski definition) is 3. The number of aliphatic hydroxyl groups is 1. The van der Waals surface area contributed by atoms with Crippen LogP contribution in [0.4, 0.5) is 11.5 Å². The Morgan fingerprint density at radius 1 is 1.18 bits per heavy atom. The molecule has 0 amide bonds. The lowest BCUT2D eigenvalue weighted by Gasteiger charge is -2.17. The molecule has 34 heavy (non-hydrogen) atoms. The molecule has 10 heteroatoms. The number of aromatic nitrogens is 6. The van der Waals surface area contributed by atoms with Gasteiger partial charge in [-0.15, -0.1) is 0 Å². The predicted octanol–water partition coefficient (Wildman–Crippen LogP) is 4.23. The van der Waals surface area contributed by atoms with Crippen LogP contribution < -0.4 is 11.0 Å². The average Bonchev–Trinajstić information content (AvgIpc) is 3.33. The minimum absolute atomic E-state index is 0.135. The first kappa shape index (κ1) is 22.1. The van der Waals surface area contributed by atoms with Gasteiger partial charge >= 0.3 is 5.69 Å². The first-order valence-electron chi connectivity index (χ1n) is 10.9. The molecule has 0 fully saturated rings. The van der Waals surface area contributed by atoms with Crippen LogP contribution in [0.5, 0.6) is 0 Å². The number of rotatable bonds is 6. The van der Waals surface area contributed by atoms with Crippen LogP contribution in [0.2, 0.25) is 5.02 Å². The molecule has 0 atom stereocenters. The zero-order chi connectivity index (χ0) is 24.0. The zero-order valence-corrected chi connectivity index (χ0v) is 19.8. The Morgan fingerprint density at radius 2 is 1.97 bits per heavy atom. The summed E-state index contributed by atoms with van der Waals surface area (Å²) in [6.45, 7) is 3.86. The average molecular weight is 478 g/mol. The summed E-state index contributed by atoms with van der Waals surface area (Å²) in [4.78, 5) is 21.8. The third-order valence-electron chi connectivity index (χ3n) is 5.78. The minimum atomic E-state index is -0.876. The number of aromatic amines is 1. The van der Waals surface area contributed by atoms with Crippen LogP contribution in [-0.2, 0) is 13.6 Å². The molecule has 0 bridgehead atoms. The second kappa shape index (κ2) is 8.27. The van der Waals surface area contributed by atoms with E-state index in [0.29, 0.717) is 41.0 Å². The highest BCUT2D eigenvalue weighted by Gasteiger charge is 2.18. The maximum atomic E-state index is 12.8. The summed E-state index contributed by atoms with van der Waals surface area (Å²) in [5.41, 5.74) is 2.78. The fraction of sp³-hybridized carbons (Fsp3) is 0.250. The van der Waals surface area contributed by atoms with Crippen LogP contribution in [-0.4, -0.2) is 40.0 Å². The van der Waals surface area contributed by atoms with Crippen molar-refractivity contribution in [3.05, 3.63) is 64.2 Å². The molecule has 0 aliphatic rings. The Kier molecular flexibility index (Phi) is 5.38. The van der Waals surface area contributed by atoms with Crippen molar-refractivity contribution in [2.24, 2.45) is 7.05 Å². The van der Waals surface area contributed by atoms with E-state index in [1.807, 2.05) is 42.5 Å². The van der Waals surface area contributed by atoms with E-state index in [4.69, 9.17) is 11.6 Å². The Bertz CT molecular complexity index is 1580. The molecule has 0 radical (unpaired) electrons. The third-order valence-corrected chi connectivity index (χ3v) is 6.06. The van der Waals surface area contributed by atoms with Gasteiger partial charge in [-0.25, -0.2) is 14.8 Å². The van der Waals surface area contributed by atoms with Crippen molar-refractivity contribution < 1.29 is 5.11 Å². The van der Waals surface area contributed by atoms with E-state index < -0.39 is 5.60 Å². The van der Waals surface area contributed by atoms with Crippen molar-refractivity contribution in [3.63, 3.8) is 0 Å². The fourth-order valence-electron chi connectivity index (χ4n) is 3.93. The minimum Gasteiger partial charge on any atom is -0.390 e.